The molecule has 1 saturated heterocycles. The number of para-hydroxylation sites is 2. The predicted octanol–water partition coefficient (Wildman–Crippen LogP) is 4.87. The van der Waals surface area contributed by atoms with E-state index in [0.717, 1.165) is 15.4 Å². The van der Waals surface area contributed by atoms with Crippen molar-refractivity contribution in [3.8, 4) is 0 Å². The van der Waals surface area contributed by atoms with Crippen LogP contribution in [0.15, 0.2) is 95.1 Å². The minimum Gasteiger partial charge on any atom is -0.337 e. The van der Waals surface area contributed by atoms with Crippen molar-refractivity contribution in [1.82, 2.24) is 9.88 Å². The minimum atomic E-state index is -0.572. The fraction of sp³-hybridized carbons (Fsp3) is 0.0370. The van der Waals surface area contributed by atoms with E-state index < -0.39 is 11.8 Å². The number of hydrogen-bond acceptors (Lipinski definition) is 4. The lowest BCUT2D eigenvalue weighted by Crippen LogP contribution is -2.54. The molecule has 9 heteroatoms. The number of aromatic nitrogens is 1. The molecule has 2 N–H and O–H groups in total. The molecule has 1 fully saturated rings. The molecule has 0 aliphatic carbocycles. The highest BCUT2D eigenvalue weighted by molar-refractivity contribution is 9.10. The molecule has 1 aliphatic rings. The lowest BCUT2D eigenvalue weighted by atomic mass is 10.1. The molecule has 0 atom stereocenters. The van der Waals surface area contributed by atoms with Crippen LogP contribution in [0.3, 0.4) is 0 Å². The van der Waals surface area contributed by atoms with E-state index in [1.54, 1.807) is 41.1 Å². The van der Waals surface area contributed by atoms with E-state index in [9.17, 15) is 14.4 Å². The lowest BCUT2D eigenvalue weighted by Gasteiger charge is -2.28. The summed E-state index contributed by atoms with van der Waals surface area (Å²) < 4.78 is 2.65. The van der Waals surface area contributed by atoms with Crippen molar-refractivity contribution in [2.45, 2.75) is 6.54 Å². The van der Waals surface area contributed by atoms with Gasteiger partial charge < -0.3 is 9.88 Å². The summed E-state index contributed by atoms with van der Waals surface area (Å²) in [5, 5.41) is 6.30. The number of carbonyl (C=O) groups excluding carboxylic acids is 3. The van der Waals surface area contributed by atoms with Crippen LogP contribution in [0, 0.1) is 0 Å². The molecule has 0 unspecified atom stereocenters. The molecule has 3 aromatic carbocycles. The van der Waals surface area contributed by atoms with Crippen molar-refractivity contribution in [1.29, 1.82) is 0 Å². The SMILES string of the molecule is O=C(Cn1cc(/C=C2/C(=O)NC(=S)N(c3ccc(Br)cc3)C2=O)c2ccccc21)Nc1ccccc1. The van der Waals surface area contributed by atoms with Gasteiger partial charge in [-0.15, -0.1) is 0 Å². The van der Waals surface area contributed by atoms with Gasteiger partial charge in [-0.3, -0.25) is 24.6 Å². The van der Waals surface area contributed by atoms with Crippen molar-refractivity contribution in [3.05, 3.63) is 101 Å². The summed E-state index contributed by atoms with van der Waals surface area (Å²) in [4.78, 5) is 40.2. The molecule has 0 bridgehead atoms. The Balaban J connectivity index is 1.49. The third-order valence-electron chi connectivity index (χ3n) is 5.68. The highest BCUT2D eigenvalue weighted by atomic mass is 79.9. The summed E-state index contributed by atoms with van der Waals surface area (Å²) in [7, 11) is 0. The van der Waals surface area contributed by atoms with Crippen LogP contribution in [0.1, 0.15) is 5.56 Å². The standard InChI is InChI=1S/C27H19BrN4O3S/c28-18-10-12-20(13-11-18)32-26(35)22(25(34)30-27(32)36)14-17-15-31(23-9-5-4-8-21(17)23)16-24(33)29-19-6-2-1-3-7-19/h1-15H,16H2,(H,29,33)(H,30,34,36)/b22-14-. The Morgan fingerprint density at radius 2 is 1.67 bits per heavy atom. The fourth-order valence-corrected chi connectivity index (χ4v) is 4.58. The maximum absolute atomic E-state index is 13.4. The first-order valence-electron chi connectivity index (χ1n) is 11.0. The molecular formula is C27H19BrN4O3S. The van der Waals surface area contributed by atoms with Crippen LogP contribution in [0.4, 0.5) is 11.4 Å². The van der Waals surface area contributed by atoms with Crippen LogP contribution in [-0.4, -0.2) is 27.4 Å². The van der Waals surface area contributed by atoms with Crippen molar-refractivity contribution < 1.29 is 14.4 Å². The number of fused-ring (bicyclic) bond motifs is 1. The molecule has 0 spiro atoms. The van der Waals surface area contributed by atoms with Crippen LogP contribution >= 0.6 is 28.1 Å². The van der Waals surface area contributed by atoms with E-state index in [0.29, 0.717) is 16.9 Å². The van der Waals surface area contributed by atoms with Crippen LogP contribution in [-0.2, 0) is 20.9 Å². The molecular weight excluding hydrogens is 540 g/mol. The average molecular weight is 559 g/mol. The lowest BCUT2D eigenvalue weighted by molar-refractivity contribution is -0.122. The number of hydrogen-bond donors (Lipinski definition) is 2. The number of nitrogens with zero attached hydrogens (tertiary/aromatic N) is 2. The second-order valence-electron chi connectivity index (χ2n) is 8.08. The summed E-state index contributed by atoms with van der Waals surface area (Å²) in [6.45, 7) is 0.0633. The smallest absolute Gasteiger partial charge is 0.270 e. The van der Waals surface area contributed by atoms with Crippen molar-refractivity contribution in [3.63, 3.8) is 0 Å². The van der Waals surface area contributed by atoms with Crippen LogP contribution in [0.25, 0.3) is 17.0 Å². The minimum absolute atomic E-state index is 0.0180. The van der Waals surface area contributed by atoms with Gasteiger partial charge in [0.15, 0.2) is 5.11 Å². The van der Waals surface area contributed by atoms with Gasteiger partial charge in [0, 0.05) is 32.8 Å². The first kappa shape index (κ1) is 23.7. The second-order valence-corrected chi connectivity index (χ2v) is 9.38. The third kappa shape index (κ3) is 4.71. The molecule has 0 radical (unpaired) electrons. The summed E-state index contributed by atoms with van der Waals surface area (Å²) >= 11 is 8.66. The summed E-state index contributed by atoms with van der Waals surface area (Å²) in [5.41, 5.74) is 2.63. The van der Waals surface area contributed by atoms with E-state index >= 15 is 0 Å². The first-order chi connectivity index (χ1) is 17.4. The van der Waals surface area contributed by atoms with Gasteiger partial charge in [0.1, 0.15) is 12.1 Å². The number of halogens is 1. The zero-order valence-corrected chi connectivity index (χ0v) is 21.2. The number of rotatable bonds is 5. The molecule has 3 amide bonds. The maximum Gasteiger partial charge on any atom is 0.270 e. The number of anilines is 2. The number of thiocarbonyl (C=S) groups is 1. The molecule has 178 valence electrons. The Hall–Kier alpha value is -4.08. The van der Waals surface area contributed by atoms with Crippen LogP contribution in [0.5, 0.6) is 0 Å². The van der Waals surface area contributed by atoms with E-state index in [1.165, 1.54) is 4.90 Å². The highest BCUT2D eigenvalue weighted by Gasteiger charge is 2.34. The van der Waals surface area contributed by atoms with E-state index in [2.05, 4.69) is 26.6 Å². The largest absolute Gasteiger partial charge is 0.337 e. The summed E-state index contributed by atoms with van der Waals surface area (Å²) in [5.74, 6) is -1.29. The third-order valence-corrected chi connectivity index (χ3v) is 6.49. The highest BCUT2D eigenvalue weighted by Crippen LogP contribution is 2.27. The number of benzene rings is 3. The Morgan fingerprint density at radius 3 is 2.42 bits per heavy atom. The molecule has 36 heavy (non-hydrogen) atoms. The molecule has 7 nitrogen and oxygen atoms in total. The second kappa shape index (κ2) is 9.88. The monoisotopic (exact) mass is 558 g/mol. The van der Waals surface area contributed by atoms with Crippen LogP contribution in [0.2, 0.25) is 0 Å². The van der Waals surface area contributed by atoms with Gasteiger partial charge in [-0.1, -0.05) is 52.3 Å². The van der Waals surface area contributed by atoms with Gasteiger partial charge >= 0.3 is 0 Å². The van der Waals surface area contributed by atoms with Crippen LogP contribution < -0.4 is 15.5 Å². The Kier molecular flexibility index (Phi) is 6.49. The molecule has 5 rings (SSSR count). The molecule has 4 aromatic rings. The predicted molar refractivity (Wildman–Crippen MR) is 147 cm³/mol. The topological polar surface area (TPSA) is 83.4 Å². The first-order valence-corrected chi connectivity index (χ1v) is 12.2. The van der Waals surface area contributed by atoms with E-state index in [1.807, 2.05) is 54.6 Å². The zero-order chi connectivity index (χ0) is 25.2. The molecule has 0 saturated carbocycles. The van der Waals surface area contributed by atoms with Crippen molar-refractivity contribution in [2.24, 2.45) is 0 Å². The number of amides is 3. The van der Waals surface area contributed by atoms with Crippen molar-refractivity contribution in [2.75, 3.05) is 10.2 Å². The van der Waals surface area contributed by atoms with Gasteiger partial charge in [0.2, 0.25) is 5.91 Å². The molecule has 1 aliphatic heterocycles. The Morgan fingerprint density at radius 1 is 0.972 bits per heavy atom. The fourth-order valence-electron chi connectivity index (χ4n) is 4.04. The summed E-state index contributed by atoms with van der Waals surface area (Å²) in [6.07, 6.45) is 3.30. The van der Waals surface area contributed by atoms with Crippen molar-refractivity contribution >= 4 is 79.3 Å². The van der Waals surface area contributed by atoms with E-state index in [-0.39, 0.29) is 23.1 Å². The average Bonchev–Trinajstić information content (AvgIpc) is 3.20. The maximum atomic E-state index is 13.4. The normalized spacial score (nSPS) is 14.9. The van der Waals surface area contributed by atoms with E-state index in [4.69, 9.17) is 12.2 Å². The van der Waals surface area contributed by atoms with Gasteiger partial charge in [-0.25, -0.2) is 0 Å². The Bertz CT molecular complexity index is 1540. The Labute approximate surface area is 220 Å². The van der Waals surface area contributed by atoms with Gasteiger partial charge in [-0.05, 0) is 60.8 Å². The molecule has 2 heterocycles. The number of carbonyl (C=O) groups is 3. The van der Waals surface area contributed by atoms with Gasteiger partial charge in [-0.2, -0.15) is 0 Å². The number of nitrogens with one attached hydrogen (secondary N) is 2. The zero-order valence-electron chi connectivity index (χ0n) is 18.8. The summed E-state index contributed by atoms with van der Waals surface area (Å²) in [6, 6.07) is 23.8. The quantitative estimate of drug-likeness (QED) is 0.208. The van der Waals surface area contributed by atoms with Gasteiger partial charge in [0.25, 0.3) is 11.8 Å². The van der Waals surface area contributed by atoms with Gasteiger partial charge in [0.05, 0.1) is 5.69 Å². The molecule has 1 aromatic heterocycles.